The Morgan fingerprint density at radius 3 is 2.57 bits per heavy atom. The normalized spacial score (nSPS) is 16.3. The molecule has 0 aromatic heterocycles. The first-order chi connectivity index (χ1) is 13.6. The van der Waals surface area contributed by atoms with Gasteiger partial charge in [-0.25, -0.2) is 0 Å². The van der Waals surface area contributed by atoms with Gasteiger partial charge in [-0.15, -0.1) is 11.8 Å². The molecule has 0 unspecified atom stereocenters. The van der Waals surface area contributed by atoms with Crippen molar-refractivity contribution in [1.82, 2.24) is 5.32 Å². The van der Waals surface area contributed by atoms with Gasteiger partial charge in [0.1, 0.15) is 0 Å². The molecule has 2 N–H and O–H groups in total. The van der Waals surface area contributed by atoms with Crippen LogP contribution in [0.4, 0.5) is 5.69 Å². The molecule has 7 heteroatoms. The largest absolute Gasteiger partial charge is 0.325 e. The summed E-state index contributed by atoms with van der Waals surface area (Å²) in [5, 5.41) is 15.7. The van der Waals surface area contributed by atoms with E-state index >= 15 is 0 Å². The maximum absolute atomic E-state index is 12.2. The Morgan fingerprint density at radius 2 is 1.93 bits per heavy atom. The van der Waals surface area contributed by atoms with Gasteiger partial charge in [-0.1, -0.05) is 42.1 Å². The van der Waals surface area contributed by atoms with Gasteiger partial charge in [-0.3, -0.25) is 9.59 Å². The molecule has 0 spiro atoms. The van der Waals surface area contributed by atoms with Gasteiger partial charge < -0.3 is 10.6 Å². The number of carbonyl (C=O) groups excluding carboxylic acids is 2. The van der Waals surface area contributed by atoms with Crippen molar-refractivity contribution >= 4 is 41.0 Å². The lowest BCUT2D eigenvalue weighted by Crippen LogP contribution is -2.31. The van der Waals surface area contributed by atoms with E-state index in [2.05, 4.69) is 16.7 Å². The molecule has 0 radical (unpaired) electrons. The fourth-order valence-electron chi connectivity index (χ4n) is 2.91. The van der Waals surface area contributed by atoms with Gasteiger partial charge in [0.05, 0.1) is 22.4 Å². The monoisotopic (exact) mass is 409 g/mol. The maximum Gasteiger partial charge on any atom is 0.234 e. The number of nitriles is 1. The van der Waals surface area contributed by atoms with E-state index in [1.807, 2.05) is 48.7 Å². The lowest BCUT2D eigenvalue weighted by molar-refractivity contribution is -0.121. The van der Waals surface area contributed by atoms with Crippen molar-refractivity contribution in [2.75, 3.05) is 17.3 Å². The second kappa shape index (κ2) is 9.49. The molecule has 1 atom stereocenters. The first kappa shape index (κ1) is 20.1. The molecule has 1 heterocycles. The summed E-state index contributed by atoms with van der Waals surface area (Å²) in [5.74, 6) is -0.534. The second-order valence-corrected chi connectivity index (χ2v) is 8.00. The average Bonchev–Trinajstić information content (AvgIpc) is 2.72. The van der Waals surface area contributed by atoms with Gasteiger partial charge in [0.2, 0.25) is 11.8 Å². The first-order valence-corrected chi connectivity index (χ1v) is 10.9. The van der Waals surface area contributed by atoms with E-state index in [0.29, 0.717) is 16.3 Å². The average molecular weight is 410 g/mol. The van der Waals surface area contributed by atoms with Crippen LogP contribution in [-0.2, 0) is 9.59 Å². The second-order valence-electron chi connectivity index (χ2n) is 6.14. The number of thioether (sulfide) groups is 2. The van der Waals surface area contributed by atoms with E-state index in [-0.39, 0.29) is 29.9 Å². The molecule has 2 amide bonds. The molecular weight excluding hydrogens is 390 g/mol. The summed E-state index contributed by atoms with van der Waals surface area (Å²) >= 11 is 2.82. The Balaban J connectivity index is 1.75. The Kier molecular flexibility index (Phi) is 6.80. The van der Waals surface area contributed by atoms with E-state index in [9.17, 15) is 14.9 Å². The van der Waals surface area contributed by atoms with Gasteiger partial charge in [0.15, 0.2) is 0 Å². The third-order valence-electron chi connectivity index (χ3n) is 4.28. The fraction of sp³-hybridized carbons (Fsp3) is 0.190. The van der Waals surface area contributed by atoms with Crippen molar-refractivity contribution in [3.8, 4) is 6.07 Å². The summed E-state index contributed by atoms with van der Waals surface area (Å²) < 4.78 is 0. The Morgan fingerprint density at radius 1 is 1.21 bits per heavy atom. The summed E-state index contributed by atoms with van der Waals surface area (Å²) in [4.78, 5) is 25.5. The Labute approximate surface area is 172 Å². The van der Waals surface area contributed by atoms with Crippen LogP contribution in [0, 0.1) is 11.3 Å². The maximum atomic E-state index is 12.2. The number of nitrogens with zero attached hydrogens (tertiary/aromatic N) is 1. The first-order valence-electron chi connectivity index (χ1n) is 8.66. The van der Waals surface area contributed by atoms with Crippen molar-refractivity contribution in [2.24, 2.45) is 0 Å². The van der Waals surface area contributed by atoms with E-state index in [0.717, 1.165) is 10.5 Å². The molecule has 0 saturated carbocycles. The third-order valence-corrected chi connectivity index (χ3v) is 6.04. The minimum Gasteiger partial charge on any atom is -0.325 e. The van der Waals surface area contributed by atoms with Gasteiger partial charge in [-0.2, -0.15) is 5.26 Å². The number of hydrogen-bond donors (Lipinski definition) is 2. The highest BCUT2D eigenvalue weighted by Crippen LogP contribution is 2.36. The molecule has 0 aliphatic carbocycles. The number of benzene rings is 2. The molecular formula is C21H19N3O2S2. The third kappa shape index (κ3) is 4.97. The van der Waals surface area contributed by atoms with E-state index < -0.39 is 0 Å². The molecule has 0 saturated heterocycles. The van der Waals surface area contributed by atoms with Crippen LogP contribution < -0.4 is 10.6 Å². The van der Waals surface area contributed by atoms with Crippen LogP contribution >= 0.6 is 23.5 Å². The van der Waals surface area contributed by atoms with Gasteiger partial charge >= 0.3 is 0 Å². The highest BCUT2D eigenvalue weighted by molar-refractivity contribution is 8.03. The van der Waals surface area contributed by atoms with E-state index in [1.165, 1.54) is 11.8 Å². The molecule has 142 valence electrons. The van der Waals surface area contributed by atoms with Crippen LogP contribution in [0.3, 0.4) is 0 Å². The fourth-order valence-corrected chi connectivity index (χ4v) is 4.20. The number of carbonyl (C=O) groups is 2. The zero-order valence-corrected chi connectivity index (χ0v) is 16.9. The summed E-state index contributed by atoms with van der Waals surface area (Å²) in [6, 6.07) is 19.3. The summed E-state index contributed by atoms with van der Waals surface area (Å²) in [6.07, 6.45) is 2.22. The molecule has 0 fully saturated rings. The molecule has 28 heavy (non-hydrogen) atoms. The lowest BCUT2D eigenvalue weighted by atomic mass is 9.87. The molecule has 1 aliphatic rings. The van der Waals surface area contributed by atoms with Crippen LogP contribution in [0.1, 0.15) is 17.9 Å². The van der Waals surface area contributed by atoms with Crippen LogP contribution in [-0.4, -0.2) is 23.8 Å². The van der Waals surface area contributed by atoms with Gasteiger partial charge in [-0.05, 0) is 36.1 Å². The topological polar surface area (TPSA) is 82.0 Å². The van der Waals surface area contributed by atoms with Crippen molar-refractivity contribution in [3.63, 3.8) is 0 Å². The minimum atomic E-state index is -0.297. The number of hydrogen-bond acceptors (Lipinski definition) is 5. The molecule has 0 bridgehead atoms. The molecule has 3 rings (SSSR count). The smallest absolute Gasteiger partial charge is 0.234 e. The summed E-state index contributed by atoms with van der Waals surface area (Å²) in [5.41, 5.74) is 2.13. The minimum absolute atomic E-state index is 0.105. The lowest BCUT2D eigenvalue weighted by Gasteiger charge is -2.25. The van der Waals surface area contributed by atoms with Crippen molar-refractivity contribution in [3.05, 3.63) is 70.8 Å². The summed E-state index contributed by atoms with van der Waals surface area (Å²) in [7, 11) is 0. The summed E-state index contributed by atoms with van der Waals surface area (Å²) in [6.45, 7) is 0. The van der Waals surface area contributed by atoms with E-state index in [1.54, 1.807) is 23.9 Å². The van der Waals surface area contributed by atoms with Crippen LogP contribution in [0.2, 0.25) is 0 Å². The van der Waals surface area contributed by atoms with Crippen molar-refractivity contribution in [1.29, 1.82) is 5.26 Å². The predicted octanol–water partition coefficient (Wildman–Crippen LogP) is 4.12. The zero-order chi connectivity index (χ0) is 19.9. The molecule has 2 aromatic carbocycles. The van der Waals surface area contributed by atoms with Crippen LogP contribution in [0.25, 0.3) is 0 Å². The zero-order valence-electron chi connectivity index (χ0n) is 15.3. The Hall–Kier alpha value is -2.69. The molecule has 2 aromatic rings. The number of anilines is 1. The number of rotatable bonds is 6. The van der Waals surface area contributed by atoms with Gasteiger partial charge in [0.25, 0.3) is 0 Å². The van der Waals surface area contributed by atoms with E-state index in [4.69, 9.17) is 0 Å². The van der Waals surface area contributed by atoms with Gasteiger partial charge in [0, 0.05) is 22.9 Å². The van der Waals surface area contributed by atoms with Crippen molar-refractivity contribution in [2.45, 2.75) is 17.2 Å². The highest BCUT2D eigenvalue weighted by Gasteiger charge is 2.29. The number of amides is 2. The molecule has 5 nitrogen and oxygen atoms in total. The number of allylic oxidation sites excluding steroid dienone is 1. The quantitative estimate of drug-likeness (QED) is 0.702. The van der Waals surface area contributed by atoms with Crippen LogP contribution in [0.5, 0.6) is 0 Å². The standard InChI is InChI=1S/C21H19N3O2S2/c1-27-16-9-7-14(8-10-16)17-11-19(25)24-21(18(17)12-22)28-13-20(26)23-15-5-3-2-4-6-15/h2-10,17H,11,13H2,1H3,(H,23,26)(H,24,25)/t17-/m0/s1. The van der Waals surface area contributed by atoms with Crippen LogP contribution in [0.15, 0.2) is 70.1 Å². The SMILES string of the molecule is CSc1ccc([C@@H]2CC(=O)NC(SCC(=O)Nc3ccccc3)=C2C#N)cc1. The highest BCUT2D eigenvalue weighted by atomic mass is 32.2. The number of para-hydroxylation sites is 1. The van der Waals surface area contributed by atoms with Crippen molar-refractivity contribution < 1.29 is 9.59 Å². The Bertz CT molecular complexity index is 934. The predicted molar refractivity (Wildman–Crippen MR) is 114 cm³/mol. The number of nitrogens with one attached hydrogen (secondary N) is 2. The molecule has 1 aliphatic heterocycles.